The topological polar surface area (TPSA) is 55.3 Å². The molecule has 0 aliphatic carbocycles. The molecule has 1 atom stereocenters. The van der Waals surface area contributed by atoms with Crippen molar-refractivity contribution < 1.29 is 9.53 Å². The first-order chi connectivity index (χ1) is 11.4. The van der Waals surface area contributed by atoms with Crippen LogP contribution in [0.5, 0.6) is 0 Å². The number of likely N-dealkylation sites (tertiary alicyclic amines) is 1. The third-order valence-electron chi connectivity index (χ3n) is 4.27. The largest absolute Gasteiger partial charge is 0.444 e. The van der Waals surface area contributed by atoms with E-state index in [-0.39, 0.29) is 6.09 Å². The second-order valence-electron chi connectivity index (χ2n) is 7.47. The number of hydrogen-bond donors (Lipinski definition) is 0. The highest BCUT2D eigenvalue weighted by Crippen LogP contribution is 2.23. The summed E-state index contributed by atoms with van der Waals surface area (Å²) in [4.78, 5) is 22.9. The van der Waals surface area contributed by atoms with Crippen LogP contribution in [0.3, 0.4) is 0 Å². The summed E-state index contributed by atoms with van der Waals surface area (Å²) < 4.78 is 5.45. The molecule has 24 heavy (non-hydrogen) atoms. The van der Waals surface area contributed by atoms with E-state index in [2.05, 4.69) is 22.1 Å². The van der Waals surface area contributed by atoms with E-state index in [4.69, 9.17) is 4.74 Å². The Morgan fingerprint density at radius 2 is 2.17 bits per heavy atom. The fourth-order valence-corrected chi connectivity index (χ4v) is 3.04. The van der Waals surface area contributed by atoms with Crippen LogP contribution in [-0.4, -0.2) is 39.7 Å². The summed E-state index contributed by atoms with van der Waals surface area (Å²) in [7, 11) is 0. The first-order valence-corrected chi connectivity index (χ1v) is 8.59. The van der Waals surface area contributed by atoms with Crippen LogP contribution in [0.25, 0.3) is 11.0 Å². The van der Waals surface area contributed by atoms with Crippen LogP contribution in [0.4, 0.5) is 4.79 Å². The molecule has 1 aliphatic rings. The number of pyridine rings is 2. The van der Waals surface area contributed by atoms with Gasteiger partial charge in [0.25, 0.3) is 0 Å². The third kappa shape index (κ3) is 4.22. The Morgan fingerprint density at radius 1 is 1.33 bits per heavy atom. The van der Waals surface area contributed by atoms with Crippen molar-refractivity contribution in [3.63, 3.8) is 0 Å². The SMILES string of the molecule is CC(C)(C)OC(=O)N1CC[C@@H](CCc2ccc3cccnc3n2)C1. The molecule has 0 spiro atoms. The molecule has 2 aromatic rings. The summed E-state index contributed by atoms with van der Waals surface area (Å²) in [5.41, 5.74) is 1.44. The number of carbonyl (C=O) groups is 1. The Bertz CT molecular complexity index is 724. The highest BCUT2D eigenvalue weighted by molar-refractivity contribution is 5.74. The van der Waals surface area contributed by atoms with Gasteiger partial charge < -0.3 is 9.64 Å². The van der Waals surface area contributed by atoms with Crippen molar-refractivity contribution in [2.75, 3.05) is 13.1 Å². The summed E-state index contributed by atoms with van der Waals surface area (Å²) in [5.74, 6) is 0.513. The van der Waals surface area contributed by atoms with Gasteiger partial charge in [0, 0.05) is 30.4 Å². The second kappa shape index (κ2) is 6.75. The summed E-state index contributed by atoms with van der Waals surface area (Å²) in [5, 5.41) is 1.07. The molecule has 0 saturated carbocycles. The number of ether oxygens (including phenoxy) is 1. The Labute approximate surface area is 143 Å². The minimum atomic E-state index is -0.433. The minimum absolute atomic E-state index is 0.196. The van der Waals surface area contributed by atoms with Crippen LogP contribution in [0.1, 0.15) is 39.3 Å². The maximum atomic E-state index is 12.1. The lowest BCUT2D eigenvalue weighted by Gasteiger charge is -2.24. The van der Waals surface area contributed by atoms with Gasteiger partial charge in [-0.25, -0.2) is 14.8 Å². The smallest absolute Gasteiger partial charge is 0.410 e. The summed E-state index contributed by atoms with van der Waals surface area (Å²) in [6.07, 6.45) is 4.56. The molecule has 0 unspecified atom stereocenters. The molecule has 3 heterocycles. The molecule has 1 saturated heterocycles. The Kier molecular flexibility index (Phi) is 4.69. The molecule has 0 bridgehead atoms. The van der Waals surface area contributed by atoms with Gasteiger partial charge in [-0.2, -0.15) is 0 Å². The molecule has 5 heteroatoms. The van der Waals surface area contributed by atoms with Gasteiger partial charge in [-0.1, -0.05) is 0 Å². The van der Waals surface area contributed by atoms with E-state index < -0.39 is 5.60 Å². The highest BCUT2D eigenvalue weighted by Gasteiger charge is 2.29. The van der Waals surface area contributed by atoms with Crippen molar-refractivity contribution in [1.82, 2.24) is 14.9 Å². The number of amides is 1. The van der Waals surface area contributed by atoms with Crippen LogP contribution in [0, 0.1) is 5.92 Å². The van der Waals surface area contributed by atoms with Gasteiger partial charge in [-0.05, 0) is 70.2 Å². The molecule has 2 aromatic heterocycles. The van der Waals surface area contributed by atoms with Gasteiger partial charge in [-0.15, -0.1) is 0 Å². The Balaban J connectivity index is 1.53. The Hall–Kier alpha value is -2.17. The van der Waals surface area contributed by atoms with Crippen molar-refractivity contribution in [2.45, 2.75) is 45.6 Å². The zero-order valence-electron chi connectivity index (χ0n) is 14.7. The van der Waals surface area contributed by atoms with E-state index >= 15 is 0 Å². The predicted octanol–water partition coefficient (Wildman–Crippen LogP) is 3.82. The van der Waals surface area contributed by atoms with Crippen molar-refractivity contribution >= 4 is 17.1 Å². The van der Waals surface area contributed by atoms with E-state index in [9.17, 15) is 4.79 Å². The van der Waals surface area contributed by atoms with E-state index in [1.54, 1.807) is 6.20 Å². The van der Waals surface area contributed by atoms with E-state index in [1.165, 1.54) is 0 Å². The van der Waals surface area contributed by atoms with Crippen LogP contribution < -0.4 is 0 Å². The van der Waals surface area contributed by atoms with Crippen molar-refractivity contribution in [2.24, 2.45) is 5.92 Å². The number of aryl methyl sites for hydroxylation is 1. The molecule has 128 valence electrons. The molecular weight excluding hydrogens is 302 g/mol. The van der Waals surface area contributed by atoms with E-state index in [1.807, 2.05) is 37.8 Å². The maximum Gasteiger partial charge on any atom is 0.410 e. The quantitative estimate of drug-likeness (QED) is 0.860. The van der Waals surface area contributed by atoms with Gasteiger partial charge in [-0.3, -0.25) is 0 Å². The van der Waals surface area contributed by atoms with Gasteiger partial charge in [0.15, 0.2) is 5.65 Å². The van der Waals surface area contributed by atoms with Crippen LogP contribution >= 0.6 is 0 Å². The van der Waals surface area contributed by atoms with Crippen molar-refractivity contribution in [3.8, 4) is 0 Å². The molecular formula is C19H25N3O2. The summed E-state index contributed by atoms with van der Waals surface area (Å²) in [6.45, 7) is 7.26. The first kappa shape index (κ1) is 16.7. The molecule has 0 aromatic carbocycles. The number of hydrogen-bond acceptors (Lipinski definition) is 4. The number of aromatic nitrogens is 2. The monoisotopic (exact) mass is 327 g/mol. The average Bonchev–Trinajstić information content (AvgIpc) is 3.00. The molecule has 3 rings (SSSR count). The zero-order chi connectivity index (χ0) is 17.2. The van der Waals surface area contributed by atoms with Gasteiger partial charge >= 0.3 is 6.09 Å². The molecule has 1 fully saturated rings. The molecule has 0 radical (unpaired) electrons. The molecule has 1 aliphatic heterocycles. The fraction of sp³-hybridized carbons (Fsp3) is 0.526. The van der Waals surface area contributed by atoms with E-state index in [0.717, 1.165) is 49.1 Å². The third-order valence-corrected chi connectivity index (χ3v) is 4.27. The summed E-state index contributed by atoms with van der Waals surface area (Å²) in [6, 6.07) is 8.10. The number of fused-ring (bicyclic) bond motifs is 1. The Morgan fingerprint density at radius 3 is 2.96 bits per heavy atom. The fourth-order valence-electron chi connectivity index (χ4n) is 3.04. The number of nitrogens with zero attached hydrogens (tertiary/aromatic N) is 3. The minimum Gasteiger partial charge on any atom is -0.444 e. The van der Waals surface area contributed by atoms with Crippen molar-refractivity contribution in [1.29, 1.82) is 0 Å². The van der Waals surface area contributed by atoms with Crippen LogP contribution in [0.15, 0.2) is 30.5 Å². The first-order valence-electron chi connectivity index (χ1n) is 8.59. The van der Waals surface area contributed by atoms with Gasteiger partial charge in [0.2, 0.25) is 0 Å². The van der Waals surface area contributed by atoms with Gasteiger partial charge in [0.05, 0.1) is 0 Å². The lowest BCUT2D eigenvalue weighted by atomic mass is 10.0. The molecule has 5 nitrogen and oxygen atoms in total. The lowest BCUT2D eigenvalue weighted by Crippen LogP contribution is -2.35. The molecule has 1 amide bonds. The predicted molar refractivity (Wildman–Crippen MR) is 93.8 cm³/mol. The van der Waals surface area contributed by atoms with Crippen LogP contribution in [0.2, 0.25) is 0 Å². The standard InChI is InChI=1S/C19H25N3O2/c1-19(2,3)24-18(23)22-12-10-14(13-22)6-8-16-9-7-15-5-4-11-20-17(15)21-16/h4-5,7,9,11,14H,6,8,10,12-13H2,1-3H3/t14-/m1/s1. The van der Waals surface area contributed by atoms with Crippen LogP contribution in [-0.2, 0) is 11.2 Å². The molecule has 0 N–H and O–H groups in total. The number of carbonyl (C=O) groups excluding carboxylic acids is 1. The second-order valence-corrected chi connectivity index (χ2v) is 7.47. The number of rotatable bonds is 3. The normalized spacial score (nSPS) is 18.1. The summed E-state index contributed by atoms with van der Waals surface area (Å²) >= 11 is 0. The zero-order valence-corrected chi connectivity index (χ0v) is 14.7. The highest BCUT2D eigenvalue weighted by atomic mass is 16.6. The van der Waals surface area contributed by atoms with E-state index in [0.29, 0.717) is 5.92 Å². The lowest BCUT2D eigenvalue weighted by molar-refractivity contribution is 0.0287. The van der Waals surface area contributed by atoms with Gasteiger partial charge in [0.1, 0.15) is 5.60 Å². The average molecular weight is 327 g/mol. The maximum absolute atomic E-state index is 12.1. The van der Waals surface area contributed by atoms with Crippen molar-refractivity contribution in [3.05, 3.63) is 36.2 Å².